The molecular formula is C29H40O18. The van der Waals surface area contributed by atoms with Crippen LogP contribution in [-0.4, -0.2) is 129 Å². The van der Waals surface area contributed by atoms with Crippen molar-refractivity contribution in [1.82, 2.24) is 0 Å². The molecule has 1 unspecified atom stereocenters. The summed E-state index contributed by atoms with van der Waals surface area (Å²) >= 11 is 0. The normalized spacial score (nSPS) is 33.0. The number of carbonyl (C=O) groups is 7. The van der Waals surface area contributed by atoms with Gasteiger partial charge in [0.1, 0.15) is 37.6 Å². The minimum atomic E-state index is -1.73. The summed E-state index contributed by atoms with van der Waals surface area (Å²) in [6, 6.07) is 0. The van der Waals surface area contributed by atoms with Gasteiger partial charge in [-0.25, -0.2) is 0 Å². The smallest absolute Gasteiger partial charge is 0.303 e. The first-order valence-electron chi connectivity index (χ1n) is 14.8. The molecule has 0 saturated carbocycles. The van der Waals surface area contributed by atoms with Crippen molar-refractivity contribution in [3.8, 4) is 0 Å². The van der Waals surface area contributed by atoms with E-state index < -0.39 is 116 Å². The molecule has 3 aliphatic heterocycles. The van der Waals surface area contributed by atoms with E-state index in [1.54, 1.807) is 0 Å². The van der Waals surface area contributed by atoms with Crippen molar-refractivity contribution in [3.05, 3.63) is 0 Å². The highest BCUT2D eigenvalue weighted by Crippen LogP contribution is 2.37. The van der Waals surface area contributed by atoms with Crippen molar-refractivity contribution < 1.29 is 85.7 Å². The third-order valence-corrected chi connectivity index (χ3v) is 6.92. The van der Waals surface area contributed by atoms with Crippen LogP contribution in [0.5, 0.6) is 0 Å². The molecule has 18 heteroatoms. The third-order valence-electron chi connectivity index (χ3n) is 6.92. The van der Waals surface area contributed by atoms with E-state index >= 15 is 0 Å². The van der Waals surface area contributed by atoms with Gasteiger partial charge in [-0.3, -0.25) is 33.6 Å². The molecule has 3 fully saturated rings. The minimum absolute atomic E-state index is 0.206. The van der Waals surface area contributed by atoms with Crippen molar-refractivity contribution in [2.24, 2.45) is 0 Å². The Morgan fingerprint density at radius 3 is 1.30 bits per heavy atom. The van der Waals surface area contributed by atoms with Crippen LogP contribution < -0.4 is 0 Å². The Labute approximate surface area is 269 Å². The molecule has 0 radical (unpaired) electrons. The maximum Gasteiger partial charge on any atom is 0.303 e. The van der Waals surface area contributed by atoms with Gasteiger partial charge in [0.2, 0.25) is 0 Å². The zero-order valence-electron chi connectivity index (χ0n) is 27.0. The van der Waals surface area contributed by atoms with E-state index in [0.717, 1.165) is 48.5 Å². The highest BCUT2D eigenvalue weighted by molar-refractivity contribution is 5.69. The Bertz CT molecular complexity index is 1180. The summed E-state index contributed by atoms with van der Waals surface area (Å²) < 4.78 is 61.7. The largest absolute Gasteiger partial charge is 0.463 e. The lowest BCUT2D eigenvalue weighted by Crippen LogP contribution is -2.67. The monoisotopic (exact) mass is 676 g/mol. The maximum absolute atomic E-state index is 12.4. The number of hydrogen-bond acceptors (Lipinski definition) is 18. The van der Waals surface area contributed by atoms with Gasteiger partial charge in [-0.1, -0.05) is 0 Å². The van der Waals surface area contributed by atoms with Gasteiger partial charge in [-0.2, -0.15) is 0 Å². The maximum atomic E-state index is 12.4. The summed E-state index contributed by atoms with van der Waals surface area (Å²) in [4.78, 5) is 84.8. The average Bonchev–Trinajstić information content (AvgIpc) is 3.75. The summed E-state index contributed by atoms with van der Waals surface area (Å²) in [5.74, 6) is -5.57. The molecule has 0 N–H and O–H groups in total. The van der Waals surface area contributed by atoms with Gasteiger partial charge >= 0.3 is 41.8 Å². The van der Waals surface area contributed by atoms with Crippen LogP contribution in [-0.2, 0) is 85.7 Å². The number of rotatable bonds is 13. The number of carbonyl (C=O) groups excluding carboxylic acids is 7. The van der Waals surface area contributed by atoms with Crippen molar-refractivity contribution in [1.29, 1.82) is 0 Å². The minimum Gasteiger partial charge on any atom is -0.463 e. The van der Waals surface area contributed by atoms with E-state index in [1.807, 2.05) is 0 Å². The Balaban J connectivity index is 2.12. The lowest BCUT2D eigenvalue weighted by Gasteiger charge is -2.49. The van der Waals surface area contributed by atoms with Crippen LogP contribution in [0.1, 0.15) is 54.9 Å². The molecule has 3 aliphatic rings. The molecule has 0 spiro atoms. The lowest BCUT2D eigenvalue weighted by molar-refractivity contribution is -0.345. The molecule has 0 bridgehead atoms. The van der Waals surface area contributed by atoms with E-state index in [4.69, 9.17) is 52.1 Å². The fourth-order valence-corrected chi connectivity index (χ4v) is 5.25. The highest BCUT2D eigenvalue weighted by atomic mass is 16.8. The molecular weight excluding hydrogens is 636 g/mol. The topological polar surface area (TPSA) is 224 Å². The molecule has 3 rings (SSSR count). The van der Waals surface area contributed by atoms with E-state index in [1.165, 1.54) is 0 Å². The van der Waals surface area contributed by atoms with Gasteiger partial charge in [0, 0.05) is 54.9 Å². The fourth-order valence-electron chi connectivity index (χ4n) is 5.25. The first kappa shape index (κ1) is 37.6. The molecule has 0 amide bonds. The number of esters is 7. The Kier molecular flexibility index (Phi) is 13.4. The Hall–Kier alpha value is -3.87. The van der Waals surface area contributed by atoms with Crippen molar-refractivity contribution in [2.75, 3.05) is 19.8 Å². The van der Waals surface area contributed by atoms with Gasteiger partial charge in [0.05, 0.1) is 12.7 Å². The lowest BCUT2D eigenvalue weighted by atomic mass is 9.91. The number of hydrogen-bond donors (Lipinski definition) is 0. The van der Waals surface area contributed by atoms with Crippen LogP contribution in [0.2, 0.25) is 0 Å². The molecule has 0 aromatic carbocycles. The standard InChI is InChI=1S/C29H40O18/c1-12(30)37-10-21-25(26(42-16(5)34)23(40-14(3)32)20(45-21)8-19-9-39-19)47-29-28(44-18(7)36)27(43-17(6)35)24(41-15(4)33)22(46-29)11-38-13(2)31/h19-29H,8-11H2,1-7H3/t19?,20-,21+,22+,23-,24+,25+,26+,27-,28+,29-/m0/s1. The molecule has 18 nitrogen and oxygen atoms in total. The zero-order valence-corrected chi connectivity index (χ0v) is 27.0. The van der Waals surface area contributed by atoms with Crippen molar-refractivity contribution in [3.63, 3.8) is 0 Å². The summed E-state index contributed by atoms with van der Waals surface area (Å²) in [6.07, 6.45) is -14.2. The first-order valence-corrected chi connectivity index (χ1v) is 14.8. The number of epoxide rings is 1. The second-order valence-corrected chi connectivity index (χ2v) is 11.0. The molecule has 264 valence electrons. The summed E-state index contributed by atoms with van der Waals surface area (Å²) in [6.45, 7) is 7.09. The van der Waals surface area contributed by atoms with E-state index in [9.17, 15) is 33.6 Å². The van der Waals surface area contributed by atoms with Crippen molar-refractivity contribution in [2.45, 2.75) is 122 Å². The molecule has 0 aromatic rings. The van der Waals surface area contributed by atoms with Gasteiger partial charge < -0.3 is 52.1 Å². The second kappa shape index (κ2) is 16.8. The zero-order chi connectivity index (χ0) is 35.0. The SMILES string of the molecule is CC(=O)OC[C@H]1O[C@@H](CC2CO2)[C@H](OC(C)=O)[C@@H](OC(C)=O)[C@@H]1O[C@@H]1O[C@H](COC(C)=O)[C@@H](OC(C)=O)[C@H](OC(C)=O)[C@H]1OC(C)=O. The summed E-state index contributed by atoms with van der Waals surface area (Å²) in [5, 5.41) is 0. The first-order chi connectivity index (χ1) is 22.0. The van der Waals surface area contributed by atoms with E-state index in [-0.39, 0.29) is 12.5 Å². The quantitative estimate of drug-likeness (QED) is 0.135. The van der Waals surface area contributed by atoms with Crippen LogP contribution in [0.3, 0.4) is 0 Å². The molecule has 3 saturated heterocycles. The van der Waals surface area contributed by atoms with E-state index in [2.05, 4.69) is 0 Å². The predicted octanol–water partition coefficient (Wildman–Crippen LogP) is -0.562. The van der Waals surface area contributed by atoms with E-state index in [0.29, 0.717) is 6.61 Å². The van der Waals surface area contributed by atoms with Crippen LogP contribution in [0.15, 0.2) is 0 Å². The fraction of sp³-hybridized carbons (Fsp3) is 0.759. The summed E-state index contributed by atoms with van der Waals surface area (Å²) in [5.41, 5.74) is 0. The van der Waals surface area contributed by atoms with Crippen LogP contribution in [0.4, 0.5) is 0 Å². The Morgan fingerprint density at radius 2 is 0.872 bits per heavy atom. The van der Waals surface area contributed by atoms with Crippen LogP contribution in [0, 0.1) is 0 Å². The van der Waals surface area contributed by atoms with Crippen molar-refractivity contribution >= 4 is 41.8 Å². The molecule has 0 aromatic heterocycles. The molecule has 3 heterocycles. The van der Waals surface area contributed by atoms with Gasteiger partial charge in [0.25, 0.3) is 0 Å². The second-order valence-electron chi connectivity index (χ2n) is 11.0. The summed E-state index contributed by atoms with van der Waals surface area (Å²) in [7, 11) is 0. The molecule has 0 aliphatic carbocycles. The van der Waals surface area contributed by atoms with Crippen LogP contribution in [0.25, 0.3) is 0 Å². The van der Waals surface area contributed by atoms with Crippen LogP contribution >= 0.6 is 0 Å². The number of ether oxygens (including phenoxy) is 11. The van der Waals surface area contributed by atoms with Gasteiger partial charge in [0.15, 0.2) is 36.8 Å². The molecule has 47 heavy (non-hydrogen) atoms. The third kappa shape index (κ3) is 11.4. The molecule has 11 atom stereocenters. The Morgan fingerprint density at radius 1 is 0.489 bits per heavy atom. The predicted molar refractivity (Wildman–Crippen MR) is 148 cm³/mol. The van der Waals surface area contributed by atoms with Gasteiger partial charge in [-0.05, 0) is 0 Å². The average molecular weight is 677 g/mol. The van der Waals surface area contributed by atoms with Gasteiger partial charge in [-0.15, -0.1) is 0 Å². The highest BCUT2D eigenvalue weighted by Gasteiger charge is 2.57.